The molecule has 1 aromatic rings. The van der Waals surface area contributed by atoms with Gasteiger partial charge in [0.1, 0.15) is 0 Å². The predicted octanol–water partition coefficient (Wildman–Crippen LogP) is 1.21. The fourth-order valence-electron chi connectivity index (χ4n) is 2.08. The van der Waals surface area contributed by atoms with Crippen molar-refractivity contribution in [2.75, 3.05) is 19.6 Å². The van der Waals surface area contributed by atoms with Gasteiger partial charge in [-0.1, -0.05) is 24.3 Å². The molecule has 1 heterocycles. The van der Waals surface area contributed by atoms with Crippen molar-refractivity contribution in [1.29, 1.82) is 0 Å². The fraction of sp³-hybridized carbons (Fsp3) is 0.500. The maximum absolute atomic E-state index is 9.49. The summed E-state index contributed by atoms with van der Waals surface area (Å²) in [6, 6.07) is 8.51. The van der Waals surface area contributed by atoms with Gasteiger partial charge in [0, 0.05) is 26.2 Å². The summed E-state index contributed by atoms with van der Waals surface area (Å²) >= 11 is 0. The summed E-state index contributed by atoms with van der Waals surface area (Å²) in [6.45, 7) is 2.99. The lowest BCUT2D eigenvalue weighted by atomic mass is 10.00. The van der Waals surface area contributed by atoms with Crippen LogP contribution in [-0.4, -0.2) is 35.7 Å². The third-order valence-electron chi connectivity index (χ3n) is 2.95. The molecule has 3 nitrogen and oxygen atoms in total. The molecule has 1 aliphatic rings. The lowest BCUT2D eigenvalue weighted by Crippen LogP contribution is -2.39. The highest BCUT2D eigenvalue weighted by atomic mass is 35.5. The fourth-order valence-corrected chi connectivity index (χ4v) is 2.08. The van der Waals surface area contributed by atoms with Gasteiger partial charge >= 0.3 is 0 Å². The Bertz CT molecular complexity index is 336. The van der Waals surface area contributed by atoms with Gasteiger partial charge in [-0.2, -0.15) is 0 Å². The molecule has 1 atom stereocenters. The summed E-state index contributed by atoms with van der Waals surface area (Å²) in [7, 11) is 0. The van der Waals surface area contributed by atoms with Crippen LogP contribution in [0, 0.1) is 0 Å². The average Bonchev–Trinajstić information content (AvgIpc) is 2.29. The van der Waals surface area contributed by atoms with Crippen molar-refractivity contribution in [2.24, 2.45) is 5.73 Å². The molecular weight excluding hydrogens is 259 g/mol. The first-order valence-corrected chi connectivity index (χ1v) is 5.47. The molecule has 0 unspecified atom stereocenters. The minimum absolute atomic E-state index is 0. The number of fused-ring (bicyclic) bond motifs is 1. The normalized spacial score (nSPS) is 16.4. The molecule has 5 heteroatoms. The molecule has 0 bridgehead atoms. The van der Waals surface area contributed by atoms with Crippen LogP contribution in [-0.2, 0) is 13.0 Å². The highest BCUT2D eigenvalue weighted by Gasteiger charge is 2.17. The number of nitrogens with two attached hydrogens (primary N) is 1. The van der Waals surface area contributed by atoms with E-state index in [1.54, 1.807) is 0 Å². The van der Waals surface area contributed by atoms with E-state index in [1.165, 1.54) is 11.1 Å². The molecule has 2 rings (SSSR count). The van der Waals surface area contributed by atoms with Gasteiger partial charge in [-0.05, 0) is 17.5 Å². The van der Waals surface area contributed by atoms with Crippen LogP contribution in [0.4, 0.5) is 0 Å². The van der Waals surface area contributed by atoms with E-state index in [-0.39, 0.29) is 24.8 Å². The molecule has 0 saturated heterocycles. The van der Waals surface area contributed by atoms with Crippen molar-refractivity contribution in [2.45, 2.75) is 19.1 Å². The lowest BCUT2D eigenvalue weighted by molar-refractivity contribution is 0.111. The molecule has 0 fully saturated rings. The molecule has 0 radical (unpaired) electrons. The minimum Gasteiger partial charge on any atom is -0.390 e. The van der Waals surface area contributed by atoms with Crippen molar-refractivity contribution in [3.63, 3.8) is 0 Å². The van der Waals surface area contributed by atoms with Crippen molar-refractivity contribution >= 4 is 24.8 Å². The standard InChI is InChI=1S/C12H18N2O.2ClH/c13-7-12(15)9-14-6-5-10-3-1-2-4-11(10)8-14;;/h1-4,12,15H,5-9,13H2;2*1H/t12-;;/m0../s1. The molecule has 0 aliphatic carbocycles. The monoisotopic (exact) mass is 278 g/mol. The van der Waals surface area contributed by atoms with Gasteiger partial charge in [0.15, 0.2) is 0 Å². The van der Waals surface area contributed by atoms with Gasteiger partial charge in [-0.3, -0.25) is 4.90 Å². The van der Waals surface area contributed by atoms with Crippen LogP contribution < -0.4 is 5.73 Å². The Labute approximate surface area is 115 Å². The van der Waals surface area contributed by atoms with E-state index >= 15 is 0 Å². The van der Waals surface area contributed by atoms with Crippen LogP contribution in [0.15, 0.2) is 24.3 Å². The quantitative estimate of drug-likeness (QED) is 0.874. The number of aliphatic hydroxyl groups excluding tert-OH is 1. The highest BCUT2D eigenvalue weighted by molar-refractivity contribution is 5.85. The summed E-state index contributed by atoms with van der Waals surface area (Å²) in [4.78, 5) is 2.26. The van der Waals surface area contributed by atoms with E-state index in [9.17, 15) is 5.11 Å². The van der Waals surface area contributed by atoms with Crippen LogP contribution in [0.5, 0.6) is 0 Å². The Hall–Kier alpha value is -0.320. The first kappa shape index (κ1) is 16.7. The van der Waals surface area contributed by atoms with Crippen LogP contribution >= 0.6 is 24.8 Å². The SMILES string of the molecule is Cl.Cl.NC[C@H](O)CN1CCc2ccccc2C1. The summed E-state index contributed by atoms with van der Waals surface area (Å²) in [5.41, 5.74) is 8.23. The molecule has 1 aromatic carbocycles. The third-order valence-corrected chi connectivity index (χ3v) is 2.95. The predicted molar refractivity (Wildman–Crippen MR) is 75.0 cm³/mol. The van der Waals surface area contributed by atoms with Gasteiger partial charge in [0.05, 0.1) is 6.10 Å². The second-order valence-corrected chi connectivity index (χ2v) is 4.14. The molecule has 1 aliphatic heterocycles. The third kappa shape index (κ3) is 4.45. The largest absolute Gasteiger partial charge is 0.390 e. The number of rotatable bonds is 3. The summed E-state index contributed by atoms with van der Waals surface area (Å²) in [5, 5.41) is 9.49. The van der Waals surface area contributed by atoms with E-state index < -0.39 is 6.10 Å². The molecule has 0 amide bonds. The lowest BCUT2D eigenvalue weighted by Gasteiger charge is -2.29. The molecule has 0 saturated carbocycles. The minimum atomic E-state index is -0.393. The first-order valence-electron chi connectivity index (χ1n) is 5.47. The van der Waals surface area contributed by atoms with Crippen molar-refractivity contribution in [3.05, 3.63) is 35.4 Å². The summed E-state index contributed by atoms with van der Waals surface area (Å²) in [6.07, 6.45) is 0.684. The van der Waals surface area contributed by atoms with E-state index in [0.29, 0.717) is 13.1 Å². The number of halogens is 2. The zero-order valence-electron chi connectivity index (χ0n) is 9.71. The number of β-amino-alcohol motifs (C(OH)–C–C–N with tert-alkyl or cyclic N) is 1. The first-order chi connectivity index (χ1) is 7.29. The second-order valence-electron chi connectivity index (χ2n) is 4.14. The van der Waals surface area contributed by atoms with Gasteiger partial charge in [0.25, 0.3) is 0 Å². The van der Waals surface area contributed by atoms with Gasteiger partial charge < -0.3 is 10.8 Å². The highest BCUT2D eigenvalue weighted by Crippen LogP contribution is 2.18. The van der Waals surface area contributed by atoms with Gasteiger partial charge in [0.2, 0.25) is 0 Å². The molecule has 17 heavy (non-hydrogen) atoms. The van der Waals surface area contributed by atoms with Crippen molar-refractivity contribution < 1.29 is 5.11 Å². The van der Waals surface area contributed by atoms with Gasteiger partial charge in [-0.15, -0.1) is 24.8 Å². The Morgan fingerprint density at radius 2 is 1.88 bits per heavy atom. The Morgan fingerprint density at radius 3 is 2.53 bits per heavy atom. The number of benzene rings is 1. The Balaban J connectivity index is 0.00000128. The molecule has 98 valence electrons. The molecule has 3 N–H and O–H groups in total. The van der Waals surface area contributed by atoms with Gasteiger partial charge in [-0.25, -0.2) is 0 Å². The summed E-state index contributed by atoms with van der Waals surface area (Å²) in [5.74, 6) is 0. The maximum Gasteiger partial charge on any atom is 0.0789 e. The van der Waals surface area contributed by atoms with E-state index in [2.05, 4.69) is 29.2 Å². The van der Waals surface area contributed by atoms with Crippen LogP contribution in [0.3, 0.4) is 0 Å². The van der Waals surface area contributed by atoms with Crippen LogP contribution in [0.2, 0.25) is 0 Å². The smallest absolute Gasteiger partial charge is 0.0789 e. The Morgan fingerprint density at radius 1 is 1.24 bits per heavy atom. The number of nitrogens with zero attached hydrogens (tertiary/aromatic N) is 1. The maximum atomic E-state index is 9.49. The van der Waals surface area contributed by atoms with Crippen LogP contribution in [0.1, 0.15) is 11.1 Å². The number of hydrogen-bond donors (Lipinski definition) is 2. The molecule has 0 spiro atoms. The van der Waals surface area contributed by atoms with E-state index in [0.717, 1.165) is 19.5 Å². The Kier molecular flexibility index (Phi) is 7.75. The van der Waals surface area contributed by atoms with E-state index in [4.69, 9.17) is 5.73 Å². The summed E-state index contributed by atoms with van der Waals surface area (Å²) < 4.78 is 0. The molecule has 0 aromatic heterocycles. The topological polar surface area (TPSA) is 49.5 Å². The van der Waals surface area contributed by atoms with E-state index in [1.807, 2.05) is 0 Å². The average molecular weight is 279 g/mol. The van der Waals surface area contributed by atoms with Crippen molar-refractivity contribution in [1.82, 2.24) is 4.90 Å². The zero-order valence-corrected chi connectivity index (χ0v) is 11.3. The van der Waals surface area contributed by atoms with Crippen molar-refractivity contribution in [3.8, 4) is 0 Å². The molecular formula is C12H20Cl2N2O. The van der Waals surface area contributed by atoms with Crippen LogP contribution in [0.25, 0.3) is 0 Å². The number of aliphatic hydroxyl groups is 1. The second kappa shape index (κ2) is 7.90. The zero-order chi connectivity index (χ0) is 10.7. The number of hydrogen-bond acceptors (Lipinski definition) is 3.